The first-order valence-corrected chi connectivity index (χ1v) is 10.3. The van der Waals surface area contributed by atoms with Crippen LogP contribution in [-0.2, 0) is 19.1 Å². The van der Waals surface area contributed by atoms with Crippen LogP contribution in [0.3, 0.4) is 0 Å². The van der Waals surface area contributed by atoms with Gasteiger partial charge in [0.25, 0.3) is 0 Å². The van der Waals surface area contributed by atoms with Gasteiger partial charge < -0.3 is 9.47 Å². The van der Waals surface area contributed by atoms with E-state index in [0.29, 0.717) is 5.57 Å². The normalized spacial score (nSPS) is 32.2. The van der Waals surface area contributed by atoms with Gasteiger partial charge in [0.15, 0.2) is 0 Å². The van der Waals surface area contributed by atoms with Crippen molar-refractivity contribution in [2.45, 2.75) is 98.2 Å². The molecule has 154 valence electrons. The summed E-state index contributed by atoms with van der Waals surface area (Å²) >= 11 is 0. The molecule has 0 radical (unpaired) electrons. The number of esters is 2. The number of carbonyl (C=O) groups is 2. The minimum atomic E-state index is -0.286. The van der Waals surface area contributed by atoms with E-state index in [-0.39, 0.29) is 35.0 Å². The van der Waals surface area contributed by atoms with Crippen LogP contribution in [0.2, 0.25) is 0 Å². The van der Waals surface area contributed by atoms with Gasteiger partial charge in [-0.05, 0) is 58.3 Å². The van der Waals surface area contributed by atoms with Gasteiger partial charge in [-0.3, -0.25) is 0 Å². The zero-order valence-corrected chi connectivity index (χ0v) is 17.9. The lowest BCUT2D eigenvalue weighted by molar-refractivity contribution is -0.149. The van der Waals surface area contributed by atoms with Crippen molar-refractivity contribution < 1.29 is 19.1 Å². The SMILES string of the molecule is C=C(C)C(=O)OC1CCCC1(C)CC.C=CC(=O)OC1CCCC1(C)CC. The summed E-state index contributed by atoms with van der Waals surface area (Å²) in [7, 11) is 0. The maximum Gasteiger partial charge on any atom is 0.333 e. The van der Waals surface area contributed by atoms with E-state index in [0.717, 1.165) is 32.1 Å². The first-order valence-electron chi connectivity index (χ1n) is 10.3. The first kappa shape index (κ1) is 23.5. The van der Waals surface area contributed by atoms with Gasteiger partial charge in [-0.1, -0.05) is 40.9 Å². The molecule has 0 heterocycles. The van der Waals surface area contributed by atoms with Gasteiger partial charge in [0.05, 0.1) is 0 Å². The van der Waals surface area contributed by atoms with Gasteiger partial charge in [0.1, 0.15) is 12.2 Å². The second-order valence-electron chi connectivity index (χ2n) is 8.60. The number of ether oxygens (including phenoxy) is 2. The Morgan fingerprint density at radius 3 is 1.81 bits per heavy atom. The fourth-order valence-corrected chi connectivity index (χ4v) is 4.03. The van der Waals surface area contributed by atoms with Crippen molar-refractivity contribution in [2.75, 3.05) is 0 Å². The third kappa shape index (κ3) is 6.22. The molecule has 0 aliphatic heterocycles. The highest BCUT2D eigenvalue weighted by Crippen LogP contribution is 2.43. The van der Waals surface area contributed by atoms with Crippen molar-refractivity contribution in [3.63, 3.8) is 0 Å². The number of hydrogen-bond donors (Lipinski definition) is 0. The van der Waals surface area contributed by atoms with Crippen LogP contribution < -0.4 is 0 Å². The molecule has 2 aliphatic carbocycles. The van der Waals surface area contributed by atoms with Crippen LogP contribution in [0.15, 0.2) is 24.8 Å². The maximum absolute atomic E-state index is 11.4. The van der Waals surface area contributed by atoms with Gasteiger partial charge >= 0.3 is 11.9 Å². The monoisotopic (exact) mass is 378 g/mol. The zero-order valence-electron chi connectivity index (χ0n) is 17.9. The highest BCUT2D eigenvalue weighted by Gasteiger charge is 2.40. The van der Waals surface area contributed by atoms with Crippen LogP contribution in [0, 0.1) is 10.8 Å². The van der Waals surface area contributed by atoms with Gasteiger partial charge in [0.2, 0.25) is 0 Å². The molecule has 4 unspecified atom stereocenters. The van der Waals surface area contributed by atoms with Gasteiger partial charge in [0, 0.05) is 22.5 Å². The molecule has 4 nitrogen and oxygen atoms in total. The van der Waals surface area contributed by atoms with Crippen molar-refractivity contribution in [2.24, 2.45) is 10.8 Å². The molecule has 0 aromatic rings. The molecule has 2 aliphatic rings. The average molecular weight is 379 g/mol. The highest BCUT2D eigenvalue weighted by atomic mass is 16.5. The number of rotatable bonds is 6. The Bertz CT molecular complexity index is 553. The van der Waals surface area contributed by atoms with Crippen LogP contribution >= 0.6 is 0 Å². The third-order valence-electron chi connectivity index (χ3n) is 6.62. The molecule has 2 fully saturated rings. The standard InChI is InChI=1S/C12H20O2.C11H18O2/c1-5-12(4)8-6-7-10(12)14-11(13)9(2)3;1-4-10(12)13-9-7-6-8-11(9,3)5-2/h10H,2,5-8H2,1,3-4H3;4,9H,1,5-8H2,2-3H3. The van der Waals surface area contributed by atoms with Gasteiger partial charge in [-0.25, -0.2) is 9.59 Å². The Morgan fingerprint density at radius 2 is 1.44 bits per heavy atom. The fraction of sp³-hybridized carbons (Fsp3) is 0.739. The molecule has 0 bridgehead atoms. The molecular formula is C23H38O4. The zero-order chi connectivity index (χ0) is 20.7. The van der Waals surface area contributed by atoms with Crippen molar-refractivity contribution in [3.05, 3.63) is 24.8 Å². The summed E-state index contributed by atoms with van der Waals surface area (Å²) in [5.41, 5.74) is 0.874. The minimum absolute atomic E-state index is 0.0942. The van der Waals surface area contributed by atoms with Crippen molar-refractivity contribution in [3.8, 4) is 0 Å². The molecule has 4 heteroatoms. The third-order valence-corrected chi connectivity index (χ3v) is 6.62. The largest absolute Gasteiger partial charge is 0.459 e. The van der Waals surface area contributed by atoms with Crippen LogP contribution in [0.4, 0.5) is 0 Å². The van der Waals surface area contributed by atoms with E-state index >= 15 is 0 Å². The van der Waals surface area contributed by atoms with E-state index in [9.17, 15) is 9.59 Å². The maximum atomic E-state index is 11.4. The molecule has 0 amide bonds. The summed E-state index contributed by atoms with van der Waals surface area (Å²) in [6.07, 6.45) is 10.2. The van der Waals surface area contributed by atoms with E-state index < -0.39 is 0 Å². The second-order valence-corrected chi connectivity index (χ2v) is 8.60. The number of carbonyl (C=O) groups excluding carboxylic acids is 2. The van der Waals surface area contributed by atoms with Gasteiger partial charge in [-0.2, -0.15) is 0 Å². The van der Waals surface area contributed by atoms with Crippen LogP contribution in [-0.4, -0.2) is 24.1 Å². The lowest BCUT2D eigenvalue weighted by Crippen LogP contribution is -2.31. The summed E-state index contributed by atoms with van der Waals surface area (Å²) in [5, 5.41) is 0. The fourth-order valence-electron chi connectivity index (χ4n) is 4.03. The summed E-state index contributed by atoms with van der Waals surface area (Å²) < 4.78 is 10.8. The molecule has 4 atom stereocenters. The molecule has 0 saturated heterocycles. The average Bonchev–Trinajstić information content (AvgIpc) is 3.19. The van der Waals surface area contributed by atoms with E-state index in [1.165, 1.54) is 25.3 Å². The Kier molecular flexibility index (Phi) is 8.77. The Hall–Kier alpha value is -1.58. The second kappa shape index (κ2) is 10.1. The lowest BCUT2D eigenvalue weighted by atomic mass is 9.84. The Morgan fingerprint density at radius 1 is 1.00 bits per heavy atom. The Labute approximate surface area is 165 Å². The molecule has 2 rings (SSSR count). The quantitative estimate of drug-likeness (QED) is 0.435. The summed E-state index contributed by atoms with van der Waals surface area (Å²) in [5.74, 6) is -0.525. The molecule has 0 aromatic carbocycles. The van der Waals surface area contributed by atoms with Crippen LogP contribution in [0.25, 0.3) is 0 Å². The molecule has 2 saturated carbocycles. The molecule has 27 heavy (non-hydrogen) atoms. The molecule has 0 spiro atoms. The van der Waals surface area contributed by atoms with E-state index in [1.54, 1.807) is 6.92 Å². The van der Waals surface area contributed by atoms with Crippen LogP contribution in [0.5, 0.6) is 0 Å². The number of hydrogen-bond acceptors (Lipinski definition) is 4. The van der Waals surface area contributed by atoms with Crippen molar-refractivity contribution in [1.82, 2.24) is 0 Å². The minimum Gasteiger partial charge on any atom is -0.459 e. The van der Waals surface area contributed by atoms with Crippen molar-refractivity contribution in [1.29, 1.82) is 0 Å². The summed E-state index contributed by atoms with van der Waals surface area (Å²) in [6.45, 7) is 17.4. The predicted molar refractivity (Wildman–Crippen MR) is 109 cm³/mol. The van der Waals surface area contributed by atoms with Gasteiger partial charge in [-0.15, -0.1) is 0 Å². The first-order chi connectivity index (χ1) is 12.6. The van der Waals surface area contributed by atoms with Crippen LogP contribution in [0.1, 0.15) is 86.0 Å². The van der Waals surface area contributed by atoms with E-state index in [1.807, 2.05) is 0 Å². The summed E-state index contributed by atoms with van der Waals surface area (Å²) in [6, 6.07) is 0. The van der Waals surface area contributed by atoms with E-state index in [4.69, 9.17) is 9.47 Å². The Balaban J connectivity index is 0.000000271. The molecular weight excluding hydrogens is 340 g/mol. The highest BCUT2D eigenvalue weighted by molar-refractivity contribution is 5.87. The predicted octanol–water partition coefficient (Wildman–Crippen LogP) is 5.76. The topological polar surface area (TPSA) is 52.6 Å². The summed E-state index contributed by atoms with van der Waals surface area (Å²) in [4.78, 5) is 22.4. The lowest BCUT2D eigenvalue weighted by Gasteiger charge is -2.29. The molecule has 0 N–H and O–H groups in total. The molecule has 0 aromatic heterocycles. The van der Waals surface area contributed by atoms with Crippen molar-refractivity contribution >= 4 is 11.9 Å². The smallest absolute Gasteiger partial charge is 0.333 e. The van der Waals surface area contributed by atoms with E-state index in [2.05, 4.69) is 40.9 Å².